The number of hydrogen-bond acceptors (Lipinski definition) is 4. The van der Waals surface area contributed by atoms with Crippen LogP contribution in [0, 0.1) is 6.92 Å². The Labute approximate surface area is 159 Å². The minimum atomic E-state index is 0.0896. The summed E-state index contributed by atoms with van der Waals surface area (Å²) in [5, 5.41) is 3.18. The average molecular weight is 358 g/mol. The summed E-state index contributed by atoms with van der Waals surface area (Å²) in [5.41, 5.74) is 4.78. The van der Waals surface area contributed by atoms with Gasteiger partial charge in [0, 0.05) is 42.3 Å². The summed E-state index contributed by atoms with van der Waals surface area (Å²) < 4.78 is 0. The Hall–Kier alpha value is -3.21. The summed E-state index contributed by atoms with van der Waals surface area (Å²) in [6.07, 6.45) is 5.79. The number of carbonyl (C=O) groups excluding carboxylic acids is 1. The fourth-order valence-corrected chi connectivity index (χ4v) is 3.25. The molecule has 2 aromatic carbocycles. The van der Waals surface area contributed by atoms with Crippen LogP contribution in [0.4, 0.5) is 11.6 Å². The van der Waals surface area contributed by atoms with Gasteiger partial charge in [0.2, 0.25) is 5.95 Å². The predicted molar refractivity (Wildman–Crippen MR) is 107 cm³/mol. The van der Waals surface area contributed by atoms with Crippen LogP contribution in [0.25, 0.3) is 11.1 Å². The van der Waals surface area contributed by atoms with Crippen LogP contribution in [-0.4, -0.2) is 33.9 Å². The standard InChI is InChI=1S/C22H22N4O/c1-16-7-9-17(10-8-16)19-14-23-22(24-15-19)25-20-6-4-5-18(13-20)21(27)26-11-2-3-12-26/h4-10,13-15H,2-3,11-12H2,1H3,(H,23,24,25). The first kappa shape index (κ1) is 17.2. The molecule has 1 aliphatic rings. The molecule has 0 aliphatic carbocycles. The number of rotatable bonds is 4. The molecule has 1 aromatic heterocycles. The van der Waals surface area contributed by atoms with Gasteiger partial charge in [0.1, 0.15) is 0 Å². The predicted octanol–water partition coefficient (Wildman–Crippen LogP) is 4.43. The minimum Gasteiger partial charge on any atom is -0.339 e. The quantitative estimate of drug-likeness (QED) is 0.749. The molecule has 1 fully saturated rings. The number of anilines is 2. The van der Waals surface area contributed by atoms with Crippen LogP contribution < -0.4 is 5.32 Å². The summed E-state index contributed by atoms with van der Waals surface area (Å²) in [7, 11) is 0. The minimum absolute atomic E-state index is 0.0896. The van der Waals surface area contributed by atoms with E-state index < -0.39 is 0 Å². The lowest BCUT2D eigenvalue weighted by Gasteiger charge is -2.15. The van der Waals surface area contributed by atoms with E-state index in [-0.39, 0.29) is 5.91 Å². The van der Waals surface area contributed by atoms with Crippen LogP contribution >= 0.6 is 0 Å². The zero-order valence-electron chi connectivity index (χ0n) is 15.4. The molecular formula is C22H22N4O. The zero-order valence-corrected chi connectivity index (χ0v) is 15.4. The molecule has 0 bridgehead atoms. The molecule has 5 nitrogen and oxygen atoms in total. The van der Waals surface area contributed by atoms with E-state index in [9.17, 15) is 4.79 Å². The van der Waals surface area contributed by atoms with Crippen molar-refractivity contribution in [2.75, 3.05) is 18.4 Å². The third kappa shape index (κ3) is 3.97. The zero-order chi connectivity index (χ0) is 18.6. The molecule has 0 unspecified atom stereocenters. The van der Waals surface area contributed by atoms with Gasteiger partial charge in [-0.05, 0) is 43.5 Å². The van der Waals surface area contributed by atoms with Gasteiger partial charge in [-0.3, -0.25) is 4.79 Å². The summed E-state index contributed by atoms with van der Waals surface area (Å²) >= 11 is 0. The van der Waals surface area contributed by atoms with E-state index in [0.29, 0.717) is 11.5 Å². The molecule has 1 amide bonds. The maximum atomic E-state index is 12.5. The van der Waals surface area contributed by atoms with Gasteiger partial charge in [-0.1, -0.05) is 35.9 Å². The molecule has 2 heterocycles. The van der Waals surface area contributed by atoms with E-state index in [1.165, 1.54) is 5.56 Å². The van der Waals surface area contributed by atoms with Crippen molar-refractivity contribution >= 4 is 17.5 Å². The Morgan fingerprint density at radius 3 is 2.37 bits per heavy atom. The van der Waals surface area contributed by atoms with Crippen molar-refractivity contribution in [1.82, 2.24) is 14.9 Å². The average Bonchev–Trinajstić information content (AvgIpc) is 3.24. The van der Waals surface area contributed by atoms with E-state index in [0.717, 1.165) is 42.7 Å². The van der Waals surface area contributed by atoms with Crippen molar-refractivity contribution in [3.8, 4) is 11.1 Å². The maximum absolute atomic E-state index is 12.5. The number of hydrogen-bond donors (Lipinski definition) is 1. The molecule has 4 rings (SSSR count). The molecule has 0 spiro atoms. The van der Waals surface area contributed by atoms with Crippen molar-refractivity contribution in [3.63, 3.8) is 0 Å². The number of aromatic nitrogens is 2. The fourth-order valence-electron chi connectivity index (χ4n) is 3.25. The third-order valence-corrected chi connectivity index (χ3v) is 4.80. The van der Waals surface area contributed by atoms with Gasteiger partial charge in [-0.25, -0.2) is 9.97 Å². The van der Waals surface area contributed by atoms with Crippen LogP contribution in [0.15, 0.2) is 60.9 Å². The molecule has 1 N–H and O–H groups in total. The highest BCUT2D eigenvalue weighted by molar-refractivity contribution is 5.95. The lowest BCUT2D eigenvalue weighted by molar-refractivity contribution is 0.0793. The molecule has 3 aromatic rings. The molecule has 0 atom stereocenters. The first-order valence-electron chi connectivity index (χ1n) is 9.24. The van der Waals surface area contributed by atoms with E-state index >= 15 is 0 Å². The second-order valence-corrected chi connectivity index (χ2v) is 6.87. The highest BCUT2D eigenvalue weighted by Crippen LogP contribution is 2.21. The molecule has 136 valence electrons. The van der Waals surface area contributed by atoms with Crippen molar-refractivity contribution < 1.29 is 4.79 Å². The van der Waals surface area contributed by atoms with Crippen LogP contribution in [0.1, 0.15) is 28.8 Å². The number of amides is 1. The number of aryl methyl sites for hydroxylation is 1. The molecule has 1 saturated heterocycles. The number of nitrogens with zero attached hydrogens (tertiary/aromatic N) is 3. The second-order valence-electron chi connectivity index (χ2n) is 6.87. The summed E-state index contributed by atoms with van der Waals surface area (Å²) in [5.74, 6) is 0.600. The van der Waals surface area contributed by atoms with Gasteiger partial charge in [0.15, 0.2) is 0 Å². The van der Waals surface area contributed by atoms with E-state index in [2.05, 4.69) is 46.5 Å². The number of benzene rings is 2. The smallest absolute Gasteiger partial charge is 0.253 e. The van der Waals surface area contributed by atoms with Gasteiger partial charge in [-0.2, -0.15) is 0 Å². The van der Waals surface area contributed by atoms with Crippen molar-refractivity contribution in [1.29, 1.82) is 0 Å². The highest BCUT2D eigenvalue weighted by Gasteiger charge is 2.19. The lowest BCUT2D eigenvalue weighted by Crippen LogP contribution is -2.27. The summed E-state index contributed by atoms with van der Waals surface area (Å²) in [4.78, 5) is 23.3. The summed E-state index contributed by atoms with van der Waals surface area (Å²) in [6, 6.07) is 15.8. The largest absolute Gasteiger partial charge is 0.339 e. The first-order chi connectivity index (χ1) is 13.2. The van der Waals surface area contributed by atoms with Crippen LogP contribution in [0.5, 0.6) is 0 Å². The van der Waals surface area contributed by atoms with Crippen molar-refractivity contribution in [2.45, 2.75) is 19.8 Å². The van der Waals surface area contributed by atoms with Gasteiger partial charge >= 0.3 is 0 Å². The van der Waals surface area contributed by atoms with Crippen molar-refractivity contribution in [2.24, 2.45) is 0 Å². The second kappa shape index (κ2) is 7.58. The molecule has 5 heteroatoms. The van der Waals surface area contributed by atoms with Crippen LogP contribution in [0.3, 0.4) is 0 Å². The topological polar surface area (TPSA) is 58.1 Å². The number of likely N-dealkylation sites (tertiary alicyclic amines) is 1. The number of nitrogens with one attached hydrogen (secondary N) is 1. The van der Waals surface area contributed by atoms with E-state index in [1.54, 1.807) is 12.4 Å². The van der Waals surface area contributed by atoms with Crippen molar-refractivity contribution in [3.05, 3.63) is 72.1 Å². The van der Waals surface area contributed by atoms with Crippen LogP contribution in [-0.2, 0) is 0 Å². The molecule has 1 aliphatic heterocycles. The van der Waals surface area contributed by atoms with Gasteiger partial charge in [-0.15, -0.1) is 0 Å². The Morgan fingerprint density at radius 1 is 0.963 bits per heavy atom. The Balaban J connectivity index is 1.48. The fraction of sp³-hybridized carbons (Fsp3) is 0.227. The molecule has 27 heavy (non-hydrogen) atoms. The van der Waals surface area contributed by atoms with Gasteiger partial charge in [0.05, 0.1) is 0 Å². The third-order valence-electron chi connectivity index (χ3n) is 4.80. The maximum Gasteiger partial charge on any atom is 0.253 e. The lowest BCUT2D eigenvalue weighted by atomic mass is 10.1. The normalized spacial score (nSPS) is 13.6. The Bertz CT molecular complexity index is 929. The molecular weight excluding hydrogens is 336 g/mol. The SMILES string of the molecule is Cc1ccc(-c2cnc(Nc3cccc(C(=O)N4CCCC4)c3)nc2)cc1. The number of carbonyl (C=O) groups is 1. The molecule has 0 saturated carbocycles. The monoisotopic (exact) mass is 358 g/mol. The van der Waals surface area contributed by atoms with E-state index in [4.69, 9.17) is 0 Å². The Kier molecular flexibility index (Phi) is 4.83. The first-order valence-corrected chi connectivity index (χ1v) is 9.24. The highest BCUT2D eigenvalue weighted by atomic mass is 16.2. The Morgan fingerprint density at radius 2 is 1.67 bits per heavy atom. The van der Waals surface area contributed by atoms with Crippen LogP contribution in [0.2, 0.25) is 0 Å². The van der Waals surface area contributed by atoms with Gasteiger partial charge < -0.3 is 10.2 Å². The molecule has 0 radical (unpaired) electrons. The van der Waals surface area contributed by atoms with E-state index in [1.807, 2.05) is 29.2 Å². The summed E-state index contributed by atoms with van der Waals surface area (Å²) in [6.45, 7) is 3.76. The van der Waals surface area contributed by atoms with Gasteiger partial charge in [0.25, 0.3) is 5.91 Å².